The first kappa shape index (κ1) is 19.5. The van der Waals surface area contributed by atoms with Crippen LogP contribution in [0.25, 0.3) is 0 Å². The average molecular weight is 412 g/mol. The van der Waals surface area contributed by atoms with E-state index < -0.39 is 0 Å². The van der Waals surface area contributed by atoms with E-state index >= 15 is 0 Å². The molecule has 1 aliphatic rings. The summed E-state index contributed by atoms with van der Waals surface area (Å²) in [7, 11) is 1.55. The van der Waals surface area contributed by atoms with Crippen LogP contribution in [0.4, 0.5) is 0 Å². The lowest BCUT2D eigenvalue weighted by atomic mass is 9.97. The molecule has 0 N–H and O–H groups in total. The number of amides is 1. The SMILES string of the molecule is COc1ccc(C(=O)N2CCC[C@H](c3ncc(Cc4ccc(Cl)cc4)o3)C2)cn1. The quantitative estimate of drug-likeness (QED) is 0.624. The van der Waals surface area contributed by atoms with Gasteiger partial charge in [0.05, 0.1) is 24.8 Å². The third kappa shape index (κ3) is 4.59. The van der Waals surface area contributed by atoms with E-state index in [9.17, 15) is 4.79 Å². The molecule has 1 atom stereocenters. The monoisotopic (exact) mass is 411 g/mol. The molecule has 2 aromatic heterocycles. The number of piperidine rings is 1. The third-order valence-corrected chi connectivity index (χ3v) is 5.37. The molecule has 0 aliphatic carbocycles. The molecule has 0 saturated carbocycles. The maximum atomic E-state index is 12.8. The van der Waals surface area contributed by atoms with Gasteiger partial charge in [-0.3, -0.25) is 4.79 Å². The van der Waals surface area contributed by atoms with Gasteiger partial charge in [-0.15, -0.1) is 0 Å². The molecule has 3 aromatic rings. The molecule has 1 aromatic carbocycles. The van der Waals surface area contributed by atoms with E-state index in [1.54, 1.807) is 31.6 Å². The molecule has 1 saturated heterocycles. The van der Waals surface area contributed by atoms with Crippen LogP contribution in [0.3, 0.4) is 0 Å². The topological polar surface area (TPSA) is 68.5 Å². The summed E-state index contributed by atoms with van der Waals surface area (Å²) >= 11 is 5.94. The molecule has 0 spiro atoms. The number of rotatable bonds is 5. The predicted octanol–water partition coefficient (Wildman–Crippen LogP) is 4.34. The first-order chi connectivity index (χ1) is 14.1. The Morgan fingerprint density at radius 1 is 1.21 bits per heavy atom. The lowest BCUT2D eigenvalue weighted by Crippen LogP contribution is -2.39. The van der Waals surface area contributed by atoms with Crippen molar-refractivity contribution in [2.24, 2.45) is 0 Å². The van der Waals surface area contributed by atoms with E-state index in [2.05, 4.69) is 9.97 Å². The van der Waals surface area contributed by atoms with Crippen molar-refractivity contribution in [2.75, 3.05) is 20.2 Å². The number of benzene rings is 1. The molecule has 7 heteroatoms. The van der Waals surface area contributed by atoms with Gasteiger partial charge in [0.15, 0.2) is 5.89 Å². The van der Waals surface area contributed by atoms with E-state index in [-0.39, 0.29) is 11.8 Å². The molecule has 0 radical (unpaired) electrons. The van der Waals surface area contributed by atoms with Gasteiger partial charge in [-0.25, -0.2) is 9.97 Å². The number of carbonyl (C=O) groups is 1. The molecule has 1 aliphatic heterocycles. The largest absolute Gasteiger partial charge is 0.481 e. The number of ether oxygens (including phenoxy) is 1. The highest BCUT2D eigenvalue weighted by Gasteiger charge is 2.28. The summed E-state index contributed by atoms with van der Waals surface area (Å²) in [5, 5.41) is 0.714. The van der Waals surface area contributed by atoms with Crippen molar-refractivity contribution < 1.29 is 13.9 Å². The van der Waals surface area contributed by atoms with Crippen molar-refractivity contribution in [3.05, 3.63) is 76.6 Å². The Bertz CT molecular complexity index is 970. The van der Waals surface area contributed by atoms with Crippen LogP contribution in [-0.2, 0) is 6.42 Å². The molecular formula is C22H22ClN3O3. The van der Waals surface area contributed by atoms with Crippen LogP contribution in [0, 0.1) is 0 Å². The Kier molecular flexibility index (Phi) is 5.81. The van der Waals surface area contributed by atoms with Crippen LogP contribution >= 0.6 is 11.6 Å². The number of halogens is 1. The zero-order valence-corrected chi connectivity index (χ0v) is 16.9. The predicted molar refractivity (Wildman–Crippen MR) is 109 cm³/mol. The van der Waals surface area contributed by atoms with Gasteiger partial charge in [0.1, 0.15) is 5.76 Å². The molecule has 0 bridgehead atoms. The smallest absolute Gasteiger partial charge is 0.255 e. The molecule has 29 heavy (non-hydrogen) atoms. The van der Waals surface area contributed by atoms with Crippen LogP contribution in [0.2, 0.25) is 5.02 Å². The number of oxazole rings is 1. The summed E-state index contributed by atoms with van der Waals surface area (Å²) < 4.78 is 11.1. The standard InChI is InChI=1S/C22H22ClN3O3/c1-28-20-9-6-16(12-24-20)22(27)26-10-2-3-17(14-26)21-25-13-19(29-21)11-15-4-7-18(23)8-5-15/h4-9,12-13,17H,2-3,10-11,14H2,1H3/t17-/m0/s1. The maximum absolute atomic E-state index is 12.8. The Hall–Kier alpha value is -2.86. The fraction of sp³-hybridized carbons (Fsp3) is 0.318. The fourth-order valence-corrected chi connectivity index (χ4v) is 3.70. The minimum absolute atomic E-state index is 0.0298. The Balaban J connectivity index is 1.42. The fourth-order valence-electron chi connectivity index (χ4n) is 3.57. The number of hydrogen-bond acceptors (Lipinski definition) is 5. The number of pyridine rings is 1. The molecule has 4 rings (SSSR count). The van der Waals surface area contributed by atoms with Crippen molar-refractivity contribution in [1.29, 1.82) is 0 Å². The van der Waals surface area contributed by atoms with Gasteiger partial charge in [-0.05, 0) is 36.6 Å². The zero-order valence-electron chi connectivity index (χ0n) is 16.2. The van der Waals surface area contributed by atoms with E-state index in [0.29, 0.717) is 35.3 Å². The van der Waals surface area contributed by atoms with Crippen LogP contribution in [0.1, 0.15) is 46.3 Å². The van der Waals surface area contributed by atoms with Gasteiger partial charge < -0.3 is 14.1 Å². The van der Waals surface area contributed by atoms with Gasteiger partial charge in [-0.2, -0.15) is 0 Å². The van der Waals surface area contributed by atoms with E-state index in [1.165, 1.54) is 0 Å². The van der Waals surface area contributed by atoms with Gasteiger partial charge in [0.25, 0.3) is 5.91 Å². The van der Waals surface area contributed by atoms with Crippen molar-refractivity contribution in [1.82, 2.24) is 14.9 Å². The number of nitrogens with zero attached hydrogens (tertiary/aromatic N) is 3. The summed E-state index contributed by atoms with van der Waals surface area (Å²) in [6.07, 6.45) is 5.86. The molecule has 3 heterocycles. The minimum atomic E-state index is -0.0298. The normalized spacial score (nSPS) is 16.6. The van der Waals surface area contributed by atoms with Crippen LogP contribution in [0.5, 0.6) is 5.88 Å². The van der Waals surface area contributed by atoms with Crippen molar-refractivity contribution >= 4 is 17.5 Å². The first-order valence-corrected chi connectivity index (χ1v) is 9.98. The highest BCUT2D eigenvalue weighted by molar-refractivity contribution is 6.30. The van der Waals surface area contributed by atoms with Crippen LogP contribution < -0.4 is 4.74 Å². The number of methoxy groups -OCH3 is 1. The van der Waals surface area contributed by atoms with E-state index in [0.717, 1.165) is 30.7 Å². The summed E-state index contributed by atoms with van der Waals surface area (Å²) in [5.41, 5.74) is 1.67. The van der Waals surface area contributed by atoms with Gasteiger partial charge in [0.2, 0.25) is 5.88 Å². The lowest BCUT2D eigenvalue weighted by Gasteiger charge is -2.31. The Morgan fingerprint density at radius 3 is 2.76 bits per heavy atom. The first-order valence-electron chi connectivity index (χ1n) is 9.61. The number of hydrogen-bond donors (Lipinski definition) is 0. The molecular weight excluding hydrogens is 390 g/mol. The summed E-state index contributed by atoms with van der Waals surface area (Å²) in [6, 6.07) is 11.1. The van der Waals surface area contributed by atoms with Crippen molar-refractivity contribution in [2.45, 2.75) is 25.2 Å². The van der Waals surface area contributed by atoms with Gasteiger partial charge in [-0.1, -0.05) is 23.7 Å². The van der Waals surface area contributed by atoms with E-state index in [1.807, 2.05) is 29.2 Å². The second kappa shape index (κ2) is 8.66. The lowest BCUT2D eigenvalue weighted by molar-refractivity contribution is 0.0697. The number of carbonyl (C=O) groups excluding carboxylic acids is 1. The van der Waals surface area contributed by atoms with Crippen LogP contribution in [0.15, 0.2) is 53.2 Å². The van der Waals surface area contributed by atoms with Gasteiger partial charge >= 0.3 is 0 Å². The summed E-state index contributed by atoms with van der Waals surface area (Å²) in [4.78, 5) is 23.3. The van der Waals surface area contributed by atoms with Crippen LogP contribution in [-0.4, -0.2) is 41.0 Å². The second-order valence-electron chi connectivity index (χ2n) is 7.15. The highest BCUT2D eigenvalue weighted by atomic mass is 35.5. The summed E-state index contributed by atoms with van der Waals surface area (Å²) in [6.45, 7) is 1.31. The number of aromatic nitrogens is 2. The zero-order chi connectivity index (χ0) is 20.2. The average Bonchev–Trinajstić information content (AvgIpc) is 3.23. The Morgan fingerprint density at radius 2 is 2.03 bits per heavy atom. The summed E-state index contributed by atoms with van der Waals surface area (Å²) in [5.74, 6) is 2.06. The third-order valence-electron chi connectivity index (χ3n) is 5.11. The van der Waals surface area contributed by atoms with E-state index in [4.69, 9.17) is 20.8 Å². The number of likely N-dealkylation sites (tertiary alicyclic amines) is 1. The van der Waals surface area contributed by atoms with Crippen molar-refractivity contribution in [3.8, 4) is 5.88 Å². The maximum Gasteiger partial charge on any atom is 0.255 e. The van der Waals surface area contributed by atoms with Crippen molar-refractivity contribution in [3.63, 3.8) is 0 Å². The highest BCUT2D eigenvalue weighted by Crippen LogP contribution is 2.28. The molecule has 1 fully saturated rings. The Labute approximate surface area is 174 Å². The second-order valence-corrected chi connectivity index (χ2v) is 7.58. The van der Waals surface area contributed by atoms with Gasteiger partial charge in [0, 0.05) is 36.8 Å². The minimum Gasteiger partial charge on any atom is -0.481 e. The molecule has 0 unspecified atom stereocenters. The molecule has 6 nitrogen and oxygen atoms in total. The molecule has 150 valence electrons. The molecule has 1 amide bonds.